The van der Waals surface area contributed by atoms with Crippen molar-refractivity contribution in [2.45, 2.75) is 25.6 Å². The van der Waals surface area contributed by atoms with Crippen molar-refractivity contribution in [1.82, 2.24) is 14.9 Å². The lowest BCUT2D eigenvalue weighted by atomic mass is 9.95. The number of likely N-dealkylation sites (tertiary alicyclic amines) is 1. The van der Waals surface area contributed by atoms with Crippen LogP contribution in [0.25, 0.3) is 11.0 Å². The predicted molar refractivity (Wildman–Crippen MR) is 115 cm³/mol. The number of anilines is 1. The van der Waals surface area contributed by atoms with Gasteiger partial charge >= 0.3 is 12.1 Å². The van der Waals surface area contributed by atoms with Crippen molar-refractivity contribution in [2.24, 2.45) is 5.92 Å². The van der Waals surface area contributed by atoms with Crippen molar-refractivity contribution in [1.29, 1.82) is 0 Å². The van der Waals surface area contributed by atoms with Gasteiger partial charge in [0, 0.05) is 29.7 Å². The number of carbonyl (C=O) groups is 2. The highest BCUT2D eigenvalue weighted by atomic mass is 19.4. The quantitative estimate of drug-likeness (QED) is 0.437. The van der Waals surface area contributed by atoms with Crippen LogP contribution in [-0.2, 0) is 16.1 Å². The fourth-order valence-corrected chi connectivity index (χ4v) is 3.43. The van der Waals surface area contributed by atoms with E-state index in [4.69, 9.17) is 9.90 Å². The summed E-state index contributed by atoms with van der Waals surface area (Å²) in [5, 5.41) is 20.5. The normalized spacial score (nSPS) is 15.0. The van der Waals surface area contributed by atoms with Gasteiger partial charge in [0.05, 0.1) is 5.69 Å². The van der Waals surface area contributed by atoms with Crippen molar-refractivity contribution in [3.8, 4) is 5.75 Å². The molecular weight excluding hydrogens is 441 g/mol. The number of H-pyrrole nitrogens is 1. The van der Waals surface area contributed by atoms with E-state index in [2.05, 4.69) is 32.3 Å². The predicted octanol–water partition coefficient (Wildman–Crippen LogP) is 3.75. The van der Waals surface area contributed by atoms with Crippen molar-refractivity contribution in [2.75, 3.05) is 18.4 Å². The summed E-state index contributed by atoms with van der Waals surface area (Å²) in [6.45, 7) is 2.58. The number of nitrogens with zero attached hydrogens (tertiary/aromatic N) is 2. The summed E-state index contributed by atoms with van der Waals surface area (Å²) in [6.07, 6.45) is -1.50. The van der Waals surface area contributed by atoms with Crippen molar-refractivity contribution < 1.29 is 33.0 Å². The Kier molecular flexibility index (Phi) is 7.54. The summed E-state index contributed by atoms with van der Waals surface area (Å²) >= 11 is 0. The van der Waals surface area contributed by atoms with E-state index in [1.807, 2.05) is 12.3 Å². The van der Waals surface area contributed by atoms with Gasteiger partial charge in [-0.05, 0) is 68.4 Å². The molecule has 11 heteroatoms. The van der Waals surface area contributed by atoms with Gasteiger partial charge in [0.1, 0.15) is 11.4 Å². The summed E-state index contributed by atoms with van der Waals surface area (Å²) in [5.74, 6) is -2.48. The Bertz CT molecular complexity index is 1090. The number of pyridine rings is 1. The summed E-state index contributed by atoms with van der Waals surface area (Å²) in [7, 11) is 0. The number of benzene rings is 1. The van der Waals surface area contributed by atoms with E-state index in [1.165, 1.54) is 0 Å². The second-order valence-electron chi connectivity index (χ2n) is 7.61. The Hall–Kier alpha value is -3.60. The fraction of sp³-hybridized carbons (Fsp3) is 0.318. The van der Waals surface area contributed by atoms with Crippen LogP contribution < -0.4 is 5.32 Å². The third kappa shape index (κ3) is 6.94. The minimum Gasteiger partial charge on any atom is -0.508 e. The van der Waals surface area contributed by atoms with Crippen LogP contribution in [0.3, 0.4) is 0 Å². The molecule has 1 saturated heterocycles. The highest BCUT2D eigenvalue weighted by Gasteiger charge is 2.38. The molecule has 1 aliphatic heterocycles. The number of aromatic hydroxyl groups is 1. The molecule has 1 aromatic carbocycles. The standard InChI is InChI=1S/C20H22N4O2.C2HF3O2/c25-18-5-3-16(4-6-18)23-20(26)15-8-11-24(12-9-15)13-17-2-1-14-7-10-21-19(14)22-17;3-2(4,5)1(6)7/h1-7,10,15,25H,8-9,11-13H2,(H,21,22)(H,23,26);(H,6,7). The van der Waals surface area contributed by atoms with Crippen molar-refractivity contribution in [3.05, 3.63) is 54.4 Å². The molecule has 8 nitrogen and oxygen atoms in total. The number of carboxylic acids is 1. The Morgan fingerprint density at radius 1 is 1.09 bits per heavy atom. The maximum Gasteiger partial charge on any atom is 0.490 e. The third-order valence-corrected chi connectivity index (χ3v) is 5.19. The maximum absolute atomic E-state index is 12.4. The average Bonchev–Trinajstić information content (AvgIpc) is 3.23. The zero-order chi connectivity index (χ0) is 24.0. The monoisotopic (exact) mass is 464 g/mol. The zero-order valence-electron chi connectivity index (χ0n) is 17.5. The number of phenols is 1. The van der Waals surface area contributed by atoms with E-state index in [0.717, 1.165) is 54.9 Å². The summed E-state index contributed by atoms with van der Waals surface area (Å²) in [4.78, 5) is 31.5. The lowest BCUT2D eigenvalue weighted by molar-refractivity contribution is -0.192. The molecule has 176 valence electrons. The SMILES string of the molecule is O=C(Nc1ccc(O)cc1)C1CCN(Cc2ccc3cc[nH]c3n2)CC1.O=C(O)C(F)(F)F. The van der Waals surface area contributed by atoms with Crippen LogP contribution in [-0.4, -0.2) is 56.2 Å². The number of phenolic OH excluding ortho intramolecular Hbond substituents is 1. The number of rotatable bonds is 4. The number of piperidine rings is 1. The van der Waals surface area contributed by atoms with Gasteiger partial charge in [-0.2, -0.15) is 13.2 Å². The first-order chi connectivity index (χ1) is 15.6. The van der Waals surface area contributed by atoms with Gasteiger partial charge in [0.25, 0.3) is 0 Å². The van der Waals surface area contributed by atoms with Gasteiger partial charge in [0.15, 0.2) is 0 Å². The Labute approximate surface area is 187 Å². The molecule has 0 spiro atoms. The molecule has 4 rings (SSSR count). The van der Waals surface area contributed by atoms with Gasteiger partial charge in [0.2, 0.25) is 5.91 Å². The Morgan fingerprint density at radius 3 is 2.33 bits per heavy atom. The van der Waals surface area contributed by atoms with E-state index >= 15 is 0 Å². The average molecular weight is 464 g/mol. The molecule has 0 saturated carbocycles. The first kappa shape index (κ1) is 24.1. The first-order valence-corrected chi connectivity index (χ1v) is 10.2. The van der Waals surface area contributed by atoms with E-state index in [0.29, 0.717) is 0 Å². The smallest absolute Gasteiger partial charge is 0.490 e. The van der Waals surface area contributed by atoms with Gasteiger partial charge in [-0.1, -0.05) is 0 Å². The van der Waals surface area contributed by atoms with E-state index in [9.17, 15) is 23.1 Å². The molecule has 1 fully saturated rings. The number of aliphatic carboxylic acids is 1. The minimum atomic E-state index is -5.08. The number of aromatic nitrogens is 2. The second-order valence-corrected chi connectivity index (χ2v) is 7.61. The number of alkyl halides is 3. The Morgan fingerprint density at radius 2 is 1.73 bits per heavy atom. The number of carboxylic acid groups (broad SMARTS) is 1. The fourth-order valence-electron chi connectivity index (χ4n) is 3.43. The molecule has 3 aromatic rings. The minimum absolute atomic E-state index is 0.0268. The molecule has 4 N–H and O–H groups in total. The lowest BCUT2D eigenvalue weighted by Gasteiger charge is -2.31. The molecule has 0 unspecified atom stereocenters. The largest absolute Gasteiger partial charge is 0.508 e. The molecular formula is C22H23F3N4O4. The van der Waals surface area contributed by atoms with Crippen LogP contribution in [0, 0.1) is 5.92 Å². The second kappa shape index (κ2) is 10.3. The zero-order valence-corrected chi connectivity index (χ0v) is 17.5. The van der Waals surface area contributed by atoms with Crippen molar-refractivity contribution >= 4 is 28.6 Å². The van der Waals surface area contributed by atoms with Crippen LogP contribution in [0.5, 0.6) is 5.75 Å². The number of aromatic amines is 1. The van der Waals surface area contributed by atoms with E-state index in [-0.39, 0.29) is 17.6 Å². The molecule has 3 heterocycles. The number of hydrogen-bond donors (Lipinski definition) is 4. The van der Waals surface area contributed by atoms with Crippen LogP contribution in [0.4, 0.5) is 18.9 Å². The van der Waals surface area contributed by atoms with E-state index in [1.54, 1.807) is 24.3 Å². The summed E-state index contributed by atoms with van der Waals surface area (Å²) in [5.41, 5.74) is 2.69. The van der Waals surface area contributed by atoms with Crippen LogP contribution in [0.2, 0.25) is 0 Å². The number of carbonyl (C=O) groups excluding carboxylic acids is 1. The molecule has 1 aliphatic rings. The number of halogens is 3. The molecule has 0 aliphatic carbocycles. The summed E-state index contributed by atoms with van der Waals surface area (Å²) in [6, 6.07) is 12.8. The summed E-state index contributed by atoms with van der Waals surface area (Å²) < 4.78 is 31.7. The number of hydrogen-bond acceptors (Lipinski definition) is 5. The van der Waals surface area contributed by atoms with Crippen LogP contribution in [0.1, 0.15) is 18.5 Å². The first-order valence-electron chi connectivity index (χ1n) is 10.2. The van der Waals surface area contributed by atoms with Gasteiger partial charge in [-0.3, -0.25) is 9.69 Å². The number of amides is 1. The van der Waals surface area contributed by atoms with Crippen LogP contribution >= 0.6 is 0 Å². The number of nitrogens with one attached hydrogen (secondary N) is 2. The Balaban J connectivity index is 0.000000383. The molecule has 2 aromatic heterocycles. The number of fused-ring (bicyclic) bond motifs is 1. The lowest BCUT2D eigenvalue weighted by Crippen LogP contribution is -2.37. The highest BCUT2D eigenvalue weighted by Crippen LogP contribution is 2.22. The van der Waals surface area contributed by atoms with Gasteiger partial charge in [-0.25, -0.2) is 9.78 Å². The molecule has 33 heavy (non-hydrogen) atoms. The third-order valence-electron chi connectivity index (χ3n) is 5.19. The van der Waals surface area contributed by atoms with Crippen molar-refractivity contribution in [3.63, 3.8) is 0 Å². The molecule has 0 atom stereocenters. The molecule has 0 bridgehead atoms. The van der Waals surface area contributed by atoms with Gasteiger partial charge in [-0.15, -0.1) is 0 Å². The van der Waals surface area contributed by atoms with Crippen LogP contribution in [0.15, 0.2) is 48.7 Å². The topological polar surface area (TPSA) is 119 Å². The van der Waals surface area contributed by atoms with Gasteiger partial charge < -0.3 is 20.5 Å². The maximum atomic E-state index is 12.4. The molecule has 1 amide bonds. The van der Waals surface area contributed by atoms with E-state index < -0.39 is 12.1 Å². The molecule has 0 radical (unpaired) electrons. The highest BCUT2D eigenvalue weighted by molar-refractivity contribution is 5.92.